The fourth-order valence-corrected chi connectivity index (χ4v) is 1.66. The normalized spacial score (nSPS) is 11.1. The molecule has 0 spiro atoms. The van der Waals surface area contributed by atoms with Crippen molar-refractivity contribution < 1.29 is 9.53 Å². The summed E-state index contributed by atoms with van der Waals surface area (Å²) < 4.78 is 6.19. The maximum absolute atomic E-state index is 11.4. The quantitative estimate of drug-likeness (QED) is 0.902. The fraction of sp³-hybridized carbons (Fsp3) is 0.462. The number of aryl methyl sites for hydroxylation is 1. The van der Waals surface area contributed by atoms with Gasteiger partial charge < -0.3 is 10.1 Å². The molecule has 0 aliphatic carbocycles. The van der Waals surface area contributed by atoms with Crippen LogP contribution in [-0.4, -0.2) is 11.7 Å². The van der Waals surface area contributed by atoms with E-state index in [1.54, 1.807) is 0 Å². The van der Waals surface area contributed by atoms with Gasteiger partial charge in [-0.15, -0.1) is 0 Å². The van der Waals surface area contributed by atoms with Crippen LogP contribution in [0.15, 0.2) is 22.7 Å². The van der Waals surface area contributed by atoms with Gasteiger partial charge in [-0.25, -0.2) is 4.79 Å². The van der Waals surface area contributed by atoms with E-state index < -0.39 is 11.7 Å². The minimum atomic E-state index is -0.460. The van der Waals surface area contributed by atoms with E-state index in [0.29, 0.717) is 6.54 Å². The predicted molar refractivity (Wildman–Crippen MR) is 72.0 cm³/mol. The number of nitrogens with one attached hydrogen (secondary N) is 1. The van der Waals surface area contributed by atoms with E-state index in [-0.39, 0.29) is 0 Å². The van der Waals surface area contributed by atoms with Gasteiger partial charge in [0.05, 0.1) is 0 Å². The Bertz CT molecular complexity index is 410. The zero-order valence-electron chi connectivity index (χ0n) is 10.6. The van der Waals surface area contributed by atoms with Gasteiger partial charge in [0, 0.05) is 11.0 Å². The number of halogens is 1. The van der Waals surface area contributed by atoms with E-state index in [4.69, 9.17) is 4.74 Å². The molecule has 3 nitrogen and oxygen atoms in total. The molecule has 1 aromatic rings. The summed E-state index contributed by atoms with van der Waals surface area (Å²) in [6.07, 6.45) is -0.394. The van der Waals surface area contributed by atoms with Crippen LogP contribution in [0.3, 0.4) is 0 Å². The zero-order chi connectivity index (χ0) is 13.1. The van der Waals surface area contributed by atoms with Gasteiger partial charge in [-0.05, 0) is 44.9 Å². The smallest absolute Gasteiger partial charge is 0.407 e. The minimum absolute atomic E-state index is 0.394. The molecule has 0 radical (unpaired) electrons. The highest BCUT2D eigenvalue weighted by Gasteiger charge is 2.15. The van der Waals surface area contributed by atoms with E-state index in [2.05, 4.69) is 21.2 Å². The second-order valence-corrected chi connectivity index (χ2v) is 5.79. The molecule has 0 aliphatic rings. The van der Waals surface area contributed by atoms with E-state index in [1.807, 2.05) is 45.9 Å². The Hall–Kier alpha value is -1.03. The molecule has 0 saturated heterocycles. The summed E-state index contributed by atoms with van der Waals surface area (Å²) in [7, 11) is 0. The maximum atomic E-state index is 11.4. The van der Waals surface area contributed by atoms with Crippen molar-refractivity contribution in [3.63, 3.8) is 0 Å². The number of ether oxygens (including phenoxy) is 1. The van der Waals surface area contributed by atoms with Gasteiger partial charge >= 0.3 is 6.09 Å². The number of rotatable bonds is 2. The molecule has 94 valence electrons. The SMILES string of the molecule is Cc1ccc(CNC(=O)OC(C)(C)C)cc1Br. The van der Waals surface area contributed by atoms with E-state index in [1.165, 1.54) is 5.56 Å². The maximum Gasteiger partial charge on any atom is 0.407 e. The second-order valence-electron chi connectivity index (χ2n) is 4.94. The monoisotopic (exact) mass is 299 g/mol. The number of amides is 1. The van der Waals surface area contributed by atoms with Crippen molar-refractivity contribution in [3.05, 3.63) is 33.8 Å². The van der Waals surface area contributed by atoms with Crippen LogP contribution in [0.1, 0.15) is 31.9 Å². The van der Waals surface area contributed by atoms with Crippen molar-refractivity contribution in [3.8, 4) is 0 Å². The van der Waals surface area contributed by atoms with Gasteiger partial charge in [-0.1, -0.05) is 28.1 Å². The van der Waals surface area contributed by atoms with Crippen LogP contribution in [-0.2, 0) is 11.3 Å². The molecule has 0 unspecified atom stereocenters. The first-order valence-corrected chi connectivity index (χ1v) is 6.29. The number of carbonyl (C=O) groups is 1. The van der Waals surface area contributed by atoms with E-state index in [9.17, 15) is 4.79 Å². The first-order chi connectivity index (χ1) is 7.78. The van der Waals surface area contributed by atoms with Gasteiger partial charge in [-0.2, -0.15) is 0 Å². The summed E-state index contributed by atoms with van der Waals surface area (Å²) >= 11 is 3.46. The first-order valence-electron chi connectivity index (χ1n) is 5.50. The molecular weight excluding hydrogens is 282 g/mol. The molecule has 1 rings (SSSR count). The summed E-state index contributed by atoms with van der Waals surface area (Å²) in [4.78, 5) is 11.4. The lowest BCUT2D eigenvalue weighted by Gasteiger charge is -2.19. The lowest BCUT2D eigenvalue weighted by molar-refractivity contribution is 0.0523. The lowest BCUT2D eigenvalue weighted by atomic mass is 10.1. The number of benzene rings is 1. The van der Waals surface area contributed by atoms with Crippen molar-refractivity contribution in [2.24, 2.45) is 0 Å². The van der Waals surface area contributed by atoms with Crippen LogP contribution in [0.25, 0.3) is 0 Å². The van der Waals surface area contributed by atoms with Gasteiger partial charge in [0.25, 0.3) is 0 Å². The summed E-state index contributed by atoms with van der Waals surface area (Å²) in [5.74, 6) is 0. The summed E-state index contributed by atoms with van der Waals surface area (Å²) in [6.45, 7) is 8.02. The highest BCUT2D eigenvalue weighted by molar-refractivity contribution is 9.10. The van der Waals surface area contributed by atoms with Crippen LogP contribution in [0.2, 0.25) is 0 Å². The predicted octanol–water partition coefficient (Wildman–Crippen LogP) is 3.78. The van der Waals surface area contributed by atoms with E-state index in [0.717, 1.165) is 10.0 Å². The first kappa shape index (κ1) is 14.0. The molecule has 0 aliphatic heterocycles. The third-order valence-electron chi connectivity index (χ3n) is 2.07. The van der Waals surface area contributed by atoms with Gasteiger partial charge in [0.1, 0.15) is 5.60 Å². The molecule has 0 atom stereocenters. The molecular formula is C13H18BrNO2. The van der Waals surface area contributed by atoms with Crippen molar-refractivity contribution in [1.29, 1.82) is 0 Å². The molecule has 1 amide bonds. The Morgan fingerprint density at radius 3 is 2.59 bits per heavy atom. The third-order valence-corrected chi connectivity index (χ3v) is 2.93. The van der Waals surface area contributed by atoms with Gasteiger partial charge in [0.2, 0.25) is 0 Å². The Morgan fingerprint density at radius 1 is 1.41 bits per heavy atom. The van der Waals surface area contributed by atoms with Crippen LogP contribution in [0, 0.1) is 6.92 Å². The Balaban J connectivity index is 2.50. The van der Waals surface area contributed by atoms with Crippen molar-refractivity contribution in [1.82, 2.24) is 5.32 Å². The number of alkyl carbamates (subject to hydrolysis) is 1. The zero-order valence-corrected chi connectivity index (χ0v) is 12.2. The average molecular weight is 300 g/mol. The molecule has 0 aromatic heterocycles. The Morgan fingerprint density at radius 2 is 2.06 bits per heavy atom. The molecule has 0 fully saturated rings. The molecule has 4 heteroatoms. The Labute approximate surface area is 111 Å². The standard InChI is InChI=1S/C13H18BrNO2/c1-9-5-6-10(7-11(9)14)8-15-12(16)17-13(2,3)4/h5-7H,8H2,1-4H3,(H,15,16). The fourth-order valence-electron chi connectivity index (χ4n) is 1.23. The van der Waals surface area contributed by atoms with Crippen LogP contribution < -0.4 is 5.32 Å². The second kappa shape index (κ2) is 5.54. The van der Waals surface area contributed by atoms with Gasteiger partial charge in [0.15, 0.2) is 0 Å². The lowest BCUT2D eigenvalue weighted by Crippen LogP contribution is -2.32. The molecule has 0 heterocycles. The molecule has 0 bridgehead atoms. The molecule has 17 heavy (non-hydrogen) atoms. The summed E-state index contributed by atoms with van der Waals surface area (Å²) in [6, 6.07) is 5.99. The summed E-state index contributed by atoms with van der Waals surface area (Å²) in [5.41, 5.74) is 1.75. The number of hydrogen-bond acceptors (Lipinski definition) is 2. The highest BCUT2D eigenvalue weighted by atomic mass is 79.9. The van der Waals surface area contributed by atoms with Crippen molar-refractivity contribution in [2.75, 3.05) is 0 Å². The topological polar surface area (TPSA) is 38.3 Å². The third kappa shape index (κ3) is 5.22. The van der Waals surface area contributed by atoms with E-state index >= 15 is 0 Å². The Kier molecular flexibility index (Phi) is 4.57. The average Bonchev–Trinajstić information content (AvgIpc) is 2.17. The van der Waals surface area contributed by atoms with Crippen molar-refractivity contribution >= 4 is 22.0 Å². The van der Waals surface area contributed by atoms with Crippen molar-refractivity contribution in [2.45, 2.75) is 39.8 Å². The number of hydrogen-bond donors (Lipinski definition) is 1. The largest absolute Gasteiger partial charge is 0.444 e. The number of carbonyl (C=O) groups excluding carboxylic acids is 1. The molecule has 1 N–H and O–H groups in total. The van der Waals surface area contributed by atoms with Gasteiger partial charge in [-0.3, -0.25) is 0 Å². The van der Waals surface area contributed by atoms with Crippen LogP contribution in [0.5, 0.6) is 0 Å². The molecule has 0 saturated carbocycles. The van der Waals surface area contributed by atoms with Crippen LogP contribution in [0.4, 0.5) is 4.79 Å². The highest BCUT2D eigenvalue weighted by Crippen LogP contribution is 2.17. The summed E-state index contributed by atoms with van der Waals surface area (Å²) in [5, 5.41) is 2.72. The minimum Gasteiger partial charge on any atom is -0.444 e. The molecule has 1 aromatic carbocycles. The van der Waals surface area contributed by atoms with Crippen LogP contribution >= 0.6 is 15.9 Å².